The van der Waals surface area contributed by atoms with E-state index in [9.17, 15) is 13.6 Å². The molecule has 0 radical (unpaired) electrons. The van der Waals surface area contributed by atoms with Crippen LogP contribution in [0.1, 0.15) is 35.5 Å². The van der Waals surface area contributed by atoms with Gasteiger partial charge in [0, 0.05) is 18.3 Å². The second-order valence-electron chi connectivity index (χ2n) is 6.97. The molecule has 0 aliphatic heterocycles. The first kappa shape index (κ1) is 19.6. The molecule has 0 spiro atoms. The zero-order valence-corrected chi connectivity index (χ0v) is 15.7. The minimum atomic E-state index is -0.368. The molecule has 0 fully saturated rings. The number of nitrogens with zero attached hydrogens (tertiary/aromatic N) is 2. The standard InChI is InChI=1S/C22H21F2N3O/c1-14(2)10-20-19(22(28)26-12-15-6-8-17(23)9-7-15)13-25-21(27-20)16-4-3-5-18(24)11-16/h3-9,11,13-14H,10,12H2,1-2H3,(H,26,28). The summed E-state index contributed by atoms with van der Waals surface area (Å²) in [5.74, 6) is -0.335. The van der Waals surface area contributed by atoms with Crippen LogP contribution in [0.25, 0.3) is 11.4 Å². The molecule has 0 unspecified atom stereocenters. The number of nitrogens with one attached hydrogen (secondary N) is 1. The Balaban J connectivity index is 1.84. The first-order chi connectivity index (χ1) is 13.4. The van der Waals surface area contributed by atoms with Crippen molar-refractivity contribution in [2.24, 2.45) is 5.92 Å². The van der Waals surface area contributed by atoms with Crippen molar-refractivity contribution >= 4 is 5.91 Å². The highest BCUT2D eigenvalue weighted by atomic mass is 19.1. The van der Waals surface area contributed by atoms with Gasteiger partial charge in [0.1, 0.15) is 11.6 Å². The highest BCUT2D eigenvalue weighted by Gasteiger charge is 2.16. The molecule has 1 aromatic heterocycles. The number of rotatable bonds is 6. The number of hydrogen-bond acceptors (Lipinski definition) is 3. The summed E-state index contributed by atoms with van der Waals surface area (Å²) in [7, 11) is 0. The third kappa shape index (κ3) is 4.97. The summed E-state index contributed by atoms with van der Waals surface area (Å²) in [6, 6.07) is 12.0. The Morgan fingerprint density at radius 3 is 2.50 bits per heavy atom. The van der Waals surface area contributed by atoms with E-state index in [-0.39, 0.29) is 30.0 Å². The molecule has 1 heterocycles. The molecular weight excluding hydrogens is 360 g/mol. The van der Waals surface area contributed by atoms with Gasteiger partial charge < -0.3 is 5.32 Å². The van der Waals surface area contributed by atoms with Crippen molar-refractivity contribution in [1.82, 2.24) is 15.3 Å². The molecule has 0 saturated heterocycles. The smallest absolute Gasteiger partial charge is 0.254 e. The summed E-state index contributed by atoms with van der Waals surface area (Å²) in [5.41, 5.74) is 2.34. The highest BCUT2D eigenvalue weighted by Crippen LogP contribution is 2.19. The number of aromatic nitrogens is 2. The van der Waals surface area contributed by atoms with Crippen LogP contribution in [0.2, 0.25) is 0 Å². The van der Waals surface area contributed by atoms with Crippen LogP contribution in [0.3, 0.4) is 0 Å². The summed E-state index contributed by atoms with van der Waals surface area (Å²) in [6.07, 6.45) is 2.06. The Kier molecular flexibility index (Phi) is 6.09. The third-order valence-corrected chi connectivity index (χ3v) is 4.16. The molecule has 1 N–H and O–H groups in total. The summed E-state index contributed by atoms with van der Waals surface area (Å²) in [4.78, 5) is 21.4. The van der Waals surface area contributed by atoms with E-state index in [0.717, 1.165) is 5.56 Å². The predicted octanol–water partition coefficient (Wildman–Crippen LogP) is 4.55. The van der Waals surface area contributed by atoms with Gasteiger partial charge in [0.2, 0.25) is 0 Å². The summed E-state index contributed by atoms with van der Waals surface area (Å²) >= 11 is 0. The molecule has 0 aliphatic carbocycles. The average Bonchev–Trinajstić information content (AvgIpc) is 2.67. The van der Waals surface area contributed by atoms with Crippen molar-refractivity contribution in [3.05, 3.63) is 83.2 Å². The molecule has 4 nitrogen and oxygen atoms in total. The maximum Gasteiger partial charge on any atom is 0.254 e. The first-order valence-electron chi connectivity index (χ1n) is 9.07. The maximum atomic E-state index is 13.5. The van der Waals surface area contributed by atoms with Gasteiger partial charge >= 0.3 is 0 Å². The maximum absolute atomic E-state index is 13.5. The largest absolute Gasteiger partial charge is 0.348 e. The van der Waals surface area contributed by atoms with Gasteiger partial charge in [-0.3, -0.25) is 4.79 Å². The van der Waals surface area contributed by atoms with Gasteiger partial charge in [0.15, 0.2) is 5.82 Å². The van der Waals surface area contributed by atoms with Crippen LogP contribution in [0, 0.1) is 17.6 Å². The molecule has 0 atom stereocenters. The fraction of sp³-hybridized carbons (Fsp3) is 0.227. The second-order valence-corrected chi connectivity index (χ2v) is 6.97. The van der Waals surface area contributed by atoms with Crippen LogP contribution >= 0.6 is 0 Å². The number of hydrogen-bond donors (Lipinski definition) is 1. The molecule has 6 heteroatoms. The number of benzene rings is 2. The molecular formula is C22H21F2N3O. The number of carbonyl (C=O) groups is 1. The van der Waals surface area contributed by atoms with Gasteiger partial charge in [0.05, 0.1) is 11.3 Å². The summed E-state index contributed by atoms with van der Waals surface area (Å²) in [6.45, 7) is 4.33. The van der Waals surface area contributed by atoms with E-state index < -0.39 is 0 Å². The lowest BCUT2D eigenvalue weighted by atomic mass is 10.0. The molecule has 2 aromatic carbocycles. The molecule has 144 valence electrons. The Morgan fingerprint density at radius 1 is 1.07 bits per heavy atom. The quantitative estimate of drug-likeness (QED) is 0.682. The fourth-order valence-corrected chi connectivity index (χ4v) is 2.80. The predicted molar refractivity (Wildman–Crippen MR) is 104 cm³/mol. The van der Waals surface area contributed by atoms with E-state index in [2.05, 4.69) is 15.3 Å². The van der Waals surface area contributed by atoms with Crippen LogP contribution in [0.5, 0.6) is 0 Å². The Morgan fingerprint density at radius 2 is 1.82 bits per heavy atom. The average molecular weight is 381 g/mol. The van der Waals surface area contributed by atoms with E-state index in [1.54, 1.807) is 24.3 Å². The van der Waals surface area contributed by atoms with Gasteiger partial charge in [-0.05, 0) is 42.2 Å². The SMILES string of the molecule is CC(C)Cc1nc(-c2cccc(F)c2)ncc1C(=O)NCc1ccc(F)cc1. The molecule has 1 amide bonds. The molecule has 28 heavy (non-hydrogen) atoms. The van der Waals surface area contributed by atoms with Crippen LogP contribution < -0.4 is 5.32 Å². The van der Waals surface area contributed by atoms with E-state index in [1.807, 2.05) is 13.8 Å². The third-order valence-electron chi connectivity index (χ3n) is 4.16. The number of halogens is 2. The van der Waals surface area contributed by atoms with Crippen molar-refractivity contribution in [3.8, 4) is 11.4 Å². The van der Waals surface area contributed by atoms with Gasteiger partial charge in [-0.2, -0.15) is 0 Å². The van der Waals surface area contributed by atoms with Crippen molar-refractivity contribution < 1.29 is 13.6 Å². The number of amides is 1. The van der Waals surface area contributed by atoms with Gasteiger partial charge in [-0.1, -0.05) is 38.1 Å². The molecule has 0 saturated carbocycles. The molecule has 0 bridgehead atoms. The Hall–Kier alpha value is -3.15. The minimum Gasteiger partial charge on any atom is -0.348 e. The summed E-state index contributed by atoms with van der Waals surface area (Å²) < 4.78 is 26.5. The van der Waals surface area contributed by atoms with E-state index in [4.69, 9.17) is 0 Å². The van der Waals surface area contributed by atoms with Crippen LogP contribution in [-0.2, 0) is 13.0 Å². The molecule has 0 aliphatic rings. The van der Waals surface area contributed by atoms with E-state index in [1.165, 1.54) is 30.5 Å². The lowest BCUT2D eigenvalue weighted by molar-refractivity contribution is 0.0949. The Bertz CT molecular complexity index is 972. The topological polar surface area (TPSA) is 54.9 Å². The van der Waals surface area contributed by atoms with Crippen molar-refractivity contribution in [2.45, 2.75) is 26.8 Å². The lowest BCUT2D eigenvalue weighted by Gasteiger charge is -2.12. The Labute approximate surface area is 162 Å². The second kappa shape index (κ2) is 8.69. The minimum absolute atomic E-state index is 0.270. The summed E-state index contributed by atoms with van der Waals surface area (Å²) in [5, 5.41) is 2.82. The van der Waals surface area contributed by atoms with Crippen LogP contribution in [0.4, 0.5) is 8.78 Å². The normalized spacial score (nSPS) is 10.9. The zero-order valence-electron chi connectivity index (χ0n) is 15.7. The monoisotopic (exact) mass is 381 g/mol. The fourth-order valence-electron chi connectivity index (χ4n) is 2.80. The van der Waals surface area contributed by atoms with Crippen LogP contribution in [-0.4, -0.2) is 15.9 Å². The van der Waals surface area contributed by atoms with E-state index >= 15 is 0 Å². The molecule has 3 aromatic rings. The zero-order chi connectivity index (χ0) is 20.1. The number of carbonyl (C=O) groups excluding carboxylic acids is 1. The first-order valence-corrected chi connectivity index (χ1v) is 9.07. The van der Waals surface area contributed by atoms with Crippen LogP contribution in [0.15, 0.2) is 54.7 Å². The lowest BCUT2D eigenvalue weighted by Crippen LogP contribution is -2.25. The van der Waals surface area contributed by atoms with Gasteiger partial charge in [-0.15, -0.1) is 0 Å². The van der Waals surface area contributed by atoms with E-state index in [0.29, 0.717) is 29.1 Å². The highest BCUT2D eigenvalue weighted by molar-refractivity contribution is 5.95. The van der Waals surface area contributed by atoms with Gasteiger partial charge in [-0.25, -0.2) is 18.7 Å². The van der Waals surface area contributed by atoms with Crippen molar-refractivity contribution in [3.63, 3.8) is 0 Å². The molecule has 3 rings (SSSR count). The van der Waals surface area contributed by atoms with Gasteiger partial charge in [0.25, 0.3) is 5.91 Å². The van der Waals surface area contributed by atoms with Crippen molar-refractivity contribution in [1.29, 1.82) is 0 Å². The van der Waals surface area contributed by atoms with Crippen molar-refractivity contribution in [2.75, 3.05) is 0 Å².